The number of hydrogen-bond acceptors (Lipinski definition) is 3. The van der Waals surface area contributed by atoms with Gasteiger partial charge in [0.2, 0.25) is 11.8 Å². The van der Waals surface area contributed by atoms with Gasteiger partial charge in [-0.1, -0.05) is 53.5 Å². The van der Waals surface area contributed by atoms with E-state index in [4.69, 9.17) is 23.2 Å². The van der Waals surface area contributed by atoms with Gasteiger partial charge in [-0.15, -0.1) is 0 Å². The van der Waals surface area contributed by atoms with Crippen LogP contribution in [-0.4, -0.2) is 40.7 Å². The molecule has 3 aromatic rings. The van der Waals surface area contributed by atoms with Crippen molar-refractivity contribution in [3.63, 3.8) is 0 Å². The first kappa shape index (κ1) is 27.0. The molecule has 0 radical (unpaired) electrons. The summed E-state index contributed by atoms with van der Waals surface area (Å²) < 4.78 is 0. The molecule has 37 heavy (non-hydrogen) atoms. The molecule has 6 nitrogen and oxygen atoms in total. The predicted octanol–water partition coefficient (Wildman–Crippen LogP) is 6.22. The summed E-state index contributed by atoms with van der Waals surface area (Å²) in [5.41, 5.74) is 1.90. The van der Waals surface area contributed by atoms with Crippen molar-refractivity contribution in [2.45, 2.75) is 58.7 Å². The molecule has 0 bridgehead atoms. The van der Waals surface area contributed by atoms with E-state index in [1.54, 1.807) is 34.9 Å². The summed E-state index contributed by atoms with van der Waals surface area (Å²) in [5, 5.41) is 5.74. The normalized spacial score (nSPS) is 13.7. The highest BCUT2D eigenvalue weighted by molar-refractivity contribution is 6.42. The zero-order valence-corrected chi connectivity index (χ0v) is 23.0. The first-order valence-corrected chi connectivity index (χ1v) is 13.1. The Hall–Kier alpha value is -3.09. The van der Waals surface area contributed by atoms with Crippen LogP contribution in [-0.2, 0) is 16.1 Å². The number of anilines is 1. The molecule has 0 spiro atoms. The van der Waals surface area contributed by atoms with Crippen LogP contribution in [0.4, 0.5) is 5.69 Å². The Morgan fingerprint density at radius 2 is 1.73 bits per heavy atom. The van der Waals surface area contributed by atoms with Crippen LogP contribution in [0.3, 0.4) is 0 Å². The fourth-order valence-corrected chi connectivity index (χ4v) is 4.95. The van der Waals surface area contributed by atoms with E-state index in [1.165, 1.54) is 0 Å². The van der Waals surface area contributed by atoms with Crippen LogP contribution in [0.2, 0.25) is 10.0 Å². The Bertz CT molecular complexity index is 1360. The van der Waals surface area contributed by atoms with Crippen molar-refractivity contribution in [1.82, 2.24) is 10.2 Å². The number of halogens is 2. The van der Waals surface area contributed by atoms with Gasteiger partial charge in [-0.2, -0.15) is 0 Å². The highest BCUT2D eigenvalue weighted by atomic mass is 35.5. The Morgan fingerprint density at radius 3 is 2.41 bits per heavy atom. The van der Waals surface area contributed by atoms with Gasteiger partial charge in [-0.05, 0) is 69.3 Å². The monoisotopic (exact) mass is 539 g/mol. The largest absolute Gasteiger partial charge is 0.350 e. The van der Waals surface area contributed by atoms with E-state index >= 15 is 0 Å². The zero-order valence-electron chi connectivity index (χ0n) is 21.5. The van der Waals surface area contributed by atoms with Crippen LogP contribution < -0.4 is 10.2 Å². The number of rotatable bonds is 8. The van der Waals surface area contributed by atoms with E-state index in [2.05, 4.69) is 5.32 Å². The minimum atomic E-state index is -0.701. The standard InChI is InChI=1S/C29H31Cl2N3O3/c1-18(27(36)32-29(2,3)4)34(17-19-13-14-22(30)23(31)16-19)25(35)12-7-15-33-24-11-6-9-20-8-5-10-21(26(20)24)28(33)37/h5-6,8-11,13-14,16,18H,7,12,15,17H2,1-4H3,(H,32,36)/t18-/m0/s1. The first-order valence-electron chi connectivity index (χ1n) is 12.4. The summed E-state index contributed by atoms with van der Waals surface area (Å²) >= 11 is 12.3. The summed E-state index contributed by atoms with van der Waals surface area (Å²) in [7, 11) is 0. The van der Waals surface area contributed by atoms with E-state index in [-0.39, 0.29) is 30.7 Å². The van der Waals surface area contributed by atoms with Gasteiger partial charge < -0.3 is 15.1 Å². The minimum Gasteiger partial charge on any atom is -0.350 e. The molecule has 1 N–H and O–H groups in total. The van der Waals surface area contributed by atoms with E-state index in [1.807, 2.05) is 57.2 Å². The number of benzene rings is 3. The fourth-order valence-electron chi connectivity index (χ4n) is 4.62. The quantitative estimate of drug-likeness (QED) is 0.369. The molecular formula is C29H31Cl2N3O3. The lowest BCUT2D eigenvalue weighted by Gasteiger charge is -2.31. The molecule has 8 heteroatoms. The number of carbonyl (C=O) groups excluding carboxylic acids is 3. The van der Waals surface area contributed by atoms with Crippen molar-refractivity contribution < 1.29 is 14.4 Å². The van der Waals surface area contributed by atoms with Crippen molar-refractivity contribution >= 4 is 57.4 Å². The summed E-state index contributed by atoms with van der Waals surface area (Å²) in [6.45, 7) is 8.03. The third kappa shape index (κ3) is 5.91. The molecule has 0 fully saturated rings. The lowest BCUT2D eigenvalue weighted by atomic mass is 10.1. The molecule has 1 aliphatic rings. The number of hydrogen-bond donors (Lipinski definition) is 1. The molecule has 1 atom stereocenters. The molecule has 0 saturated heterocycles. The van der Waals surface area contributed by atoms with Gasteiger partial charge in [0.05, 0.1) is 15.7 Å². The topological polar surface area (TPSA) is 69.7 Å². The van der Waals surface area contributed by atoms with Crippen LogP contribution >= 0.6 is 23.2 Å². The number of amides is 3. The van der Waals surface area contributed by atoms with Crippen LogP contribution in [0.1, 0.15) is 56.5 Å². The maximum atomic E-state index is 13.5. The van der Waals surface area contributed by atoms with Crippen LogP contribution in [0, 0.1) is 0 Å². The molecule has 3 amide bonds. The van der Waals surface area contributed by atoms with E-state index in [9.17, 15) is 14.4 Å². The van der Waals surface area contributed by atoms with E-state index in [0.717, 1.165) is 22.0 Å². The van der Waals surface area contributed by atoms with Gasteiger partial charge in [0.1, 0.15) is 6.04 Å². The van der Waals surface area contributed by atoms with Crippen molar-refractivity contribution in [2.75, 3.05) is 11.4 Å². The second-order valence-corrected chi connectivity index (χ2v) is 11.2. The van der Waals surface area contributed by atoms with Gasteiger partial charge >= 0.3 is 0 Å². The van der Waals surface area contributed by atoms with E-state index < -0.39 is 11.6 Å². The Labute approximate surface area is 227 Å². The van der Waals surface area contributed by atoms with E-state index in [0.29, 0.717) is 28.6 Å². The molecule has 0 unspecified atom stereocenters. The number of nitrogens with one attached hydrogen (secondary N) is 1. The summed E-state index contributed by atoms with van der Waals surface area (Å²) in [6.07, 6.45) is 0.644. The third-order valence-corrected chi connectivity index (χ3v) is 7.16. The van der Waals surface area contributed by atoms with Gasteiger partial charge in [-0.3, -0.25) is 14.4 Å². The SMILES string of the molecule is C[C@@H](C(=O)NC(C)(C)C)N(Cc1ccc(Cl)c(Cl)c1)C(=O)CCCN1C(=O)c2cccc3cccc1c23. The predicted molar refractivity (Wildman–Crippen MR) is 149 cm³/mol. The van der Waals surface area contributed by atoms with Crippen molar-refractivity contribution in [2.24, 2.45) is 0 Å². The summed E-state index contributed by atoms with van der Waals surface area (Å²) in [6, 6.07) is 16.1. The molecule has 194 valence electrons. The zero-order chi connectivity index (χ0) is 26.9. The molecule has 0 aliphatic carbocycles. The maximum absolute atomic E-state index is 13.5. The molecular weight excluding hydrogens is 509 g/mol. The lowest BCUT2D eigenvalue weighted by Crippen LogP contribution is -2.52. The average Bonchev–Trinajstić information content (AvgIpc) is 3.11. The second-order valence-electron chi connectivity index (χ2n) is 10.4. The molecule has 0 aromatic heterocycles. The van der Waals surface area contributed by atoms with Crippen molar-refractivity contribution in [3.05, 3.63) is 75.8 Å². The van der Waals surface area contributed by atoms with Gasteiger partial charge in [0.25, 0.3) is 5.91 Å². The smallest absolute Gasteiger partial charge is 0.258 e. The van der Waals surface area contributed by atoms with Crippen LogP contribution in [0.5, 0.6) is 0 Å². The maximum Gasteiger partial charge on any atom is 0.258 e. The molecule has 1 aliphatic heterocycles. The van der Waals surface area contributed by atoms with Crippen molar-refractivity contribution in [3.8, 4) is 0 Å². The Balaban J connectivity index is 1.48. The van der Waals surface area contributed by atoms with Gasteiger partial charge in [0.15, 0.2) is 0 Å². The first-order chi connectivity index (χ1) is 17.5. The Kier molecular flexibility index (Phi) is 7.81. The fraction of sp³-hybridized carbons (Fsp3) is 0.345. The summed E-state index contributed by atoms with van der Waals surface area (Å²) in [5.74, 6) is -0.465. The summed E-state index contributed by atoms with van der Waals surface area (Å²) in [4.78, 5) is 42.8. The van der Waals surface area contributed by atoms with Crippen LogP contribution in [0.25, 0.3) is 10.8 Å². The van der Waals surface area contributed by atoms with Gasteiger partial charge in [0, 0.05) is 36.0 Å². The molecule has 4 rings (SSSR count). The average molecular weight is 540 g/mol. The number of nitrogens with zero attached hydrogens (tertiary/aromatic N) is 2. The minimum absolute atomic E-state index is 0.0511. The van der Waals surface area contributed by atoms with Crippen LogP contribution in [0.15, 0.2) is 54.6 Å². The molecule has 1 heterocycles. The third-order valence-electron chi connectivity index (χ3n) is 6.42. The highest BCUT2D eigenvalue weighted by Gasteiger charge is 2.31. The second kappa shape index (κ2) is 10.7. The molecule has 3 aromatic carbocycles. The number of carbonyl (C=O) groups is 3. The highest BCUT2D eigenvalue weighted by Crippen LogP contribution is 2.37. The lowest BCUT2D eigenvalue weighted by molar-refractivity contribution is -0.141. The van der Waals surface area contributed by atoms with Crippen molar-refractivity contribution in [1.29, 1.82) is 0 Å². The van der Waals surface area contributed by atoms with Gasteiger partial charge in [-0.25, -0.2) is 0 Å². The molecule has 0 saturated carbocycles. The Morgan fingerprint density at radius 1 is 1.03 bits per heavy atom.